The fraction of sp³-hybridized carbons (Fsp3) is 0.222. The van der Waals surface area contributed by atoms with Gasteiger partial charge in [-0.05, 0) is 18.7 Å². The van der Waals surface area contributed by atoms with E-state index in [9.17, 15) is 0 Å². The van der Waals surface area contributed by atoms with E-state index in [1.807, 2.05) is 12.3 Å². The molecule has 0 bridgehead atoms. The van der Waals surface area contributed by atoms with Gasteiger partial charge in [0.25, 0.3) is 0 Å². The van der Waals surface area contributed by atoms with E-state index < -0.39 is 0 Å². The van der Waals surface area contributed by atoms with Gasteiger partial charge in [-0.2, -0.15) is 0 Å². The highest BCUT2D eigenvalue weighted by Gasteiger charge is 2.02. The van der Waals surface area contributed by atoms with Gasteiger partial charge in [0.15, 0.2) is 4.34 Å². The summed E-state index contributed by atoms with van der Waals surface area (Å²) in [6.45, 7) is 2.88. The second-order valence-electron chi connectivity index (χ2n) is 2.67. The van der Waals surface area contributed by atoms with Gasteiger partial charge in [0, 0.05) is 18.1 Å². The van der Waals surface area contributed by atoms with Crippen molar-refractivity contribution in [3.63, 3.8) is 0 Å². The highest BCUT2D eigenvalue weighted by molar-refractivity contribution is 8.00. The number of hydrogen-bond acceptors (Lipinski definition) is 6. The molecule has 0 atom stereocenters. The number of thiazole rings is 1. The predicted molar refractivity (Wildman–Crippen MR) is 62.4 cm³/mol. The summed E-state index contributed by atoms with van der Waals surface area (Å²) in [6, 6.07) is 0. The van der Waals surface area contributed by atoms with Crippen LogP contribution in [-0.2, 0) is 0 Å². The van der Waals surface area contributed by atoms with Crippen LogP contribution in [0, 0.1) is 0 Å². The van der Waals surface area contributed by atoms with Crippen molar-refractivity contribution < 1.29 is 0 Å². The minimum absolute atomic E-state index is 0.805. The number of aromatic nitrogens is 3. The average Bonchev–Trinajstić information content (AvgIpc) is 2.71. The van der Waals surface area contributed by atoms with Gasteiger partial charge in [-0.3, -0.25) is 4.98 Å². The van der Waals surface area contributed by atoms with E-state index in [4.69, 9.17) is 0 Å². The van der Waals surface area contributed by atoms with Gasteiger partial charge in [-0.15, -0.1) is 11.3 Å². The molecule has 2 aromatic rings. The quantitative estimate of drug-likeness (QED) is 0.887. The summed E-state index contributed by atoms with van der Waals surface area (Å²) in [5.74, 6) is 0.805. The summed E-state index contributed by atoms with van der Waals surface area (Å²) in [4.78, 5) is 12.7. The van der Waals surface area contributed by atoms with Gasteiger partial charge in [0.2, 0.25) is 0 Å². The summed E-state index contributed by atoms with van der Waals surface area (Å²) >= 11 is 3.13. The number of anilines is 1. The van der Waals surface area contributed by atoms with E-state index in [-0.39, 0.29) is 0 Å². The molecule has 0 amide bonds. The van der Waals surface area contributed by atoms with Gasteiger partial charge in [-0.25, -0.2) is 9.97 Å². The molecule has 0 unspecified atom stereocenters. The summed E-state index contributed by atoms with van der Waals surface area (Å²) in [5, 5.41) is 5.94. The maximum Gasteiger partial charge on any atom is 0.156 e. The summed E-state index contributed by atoms with van der Waals surface area (Å²) in [7, 11) is 0. The Labute approximate surface area is 96.2 Å². The molecule has 4 nitrogen and oxygen atoms in total. The first-order valence-corrected chi connectivity index (χ1v) is 6.21. The fourth-order valence-electron chi connectivity index (χ4n) is 1.01. The topological polar surface area (TPSA) is 50.7 Å². The average molecular weight is 238 g/mol. The molecular formula is C9H10N4S2. The molecule has 0 aliphatic rings. The Morgan fingerprint density at radius 2 is 2.40 bits per heavy atom. The smallest absolute Gasteiger partial charge is 0.156 e. The zero-order chi connectivity index (χ0) is 10.5. The van der Waals surface area contributed by atoms with Crippen LogP contribution < -0.4 is 5.32 Å². The zero-order valence-electron chi connectivity index (χ0n) is 8.17. The van der Waals surface area contributed by atoms with Crippen molar-refractivity contribution in [1.29, 1.82) is 0 Å². The summed E-state index contributed by atoms with van der Waals surface area (Å²) in [5.41, 5.74) is 0. The van der Waals surface area contributed by atoms with E-state index in [1.165, 1.54) is 11.8 Å². The second-order valence-corrected chi connectivity index (χ2v) is 4.84. The number of nitrogens with zero attached hydrogens (tertiary/aromatic N) is 3. The van der Waals surface area contributed by atoms with Crippen molar-refractivity contribution in [1.82, 2.24) is 15.0 Å². The molecular weight excluding hydrogens is 228 g/mol. The largest absolute Gasteiger partial charge is 0.369 e. The summed E-state index contributed by atoms with van der Waals surface area (Å²) < 4.78 is 0.984. The third-order valence-electron chi connectivity index (χ3n) is 1.57. The highest BCUT2D eigenvalue weighted by Crippen LogP contribution is 2.27. The van der Waals surface area contributed by atoms with Gasteiger partial charge in [-0.1, -0.05) is 0 Å². The fourth-order valence-corrected chi connectivity index (χ4v) is 2.54. The van der Waals surface area contributed by atoms with E-state index in [0.717, 1.165) is 21.7 Å². The van der Waals surface area contributed by atoms with Crippen molar-refractivity contribution in [2.24, 2.45) is 0 Å². The van der Waals surface area contributed by atoms with Gasteiger partial charge >= 0.3 is 0 Å². The Bertz CT molecular complexity index is 416. The molecule has 0 spiro atoms. The van der Waals surface area contributed by atoms with Crippen LogP contribution in [0.3, 0.4) is 0 Å². The van der Waals surface area contributed by atoms with E-state index in [1.54, 1.807) is 29.9 Å². The molecule has 0 fully saturated rings. The van der Waals surface area contributed by atoms with Crippen LogP contribution in [0.4, 0.5) is 5.82 Å². The predicted octanol–water partition coefficient (Wildman–Crippen LogP) is 2.52. The first kappa shape index (κ1) is 10.4. The third-order valence-corrected chi connectivity index (χ3v) is 3.36. The summed E-state index contributed by atoms with van der Waals surface area (Å²) in [6.07, 6.45) is 5.25. The Hall–Kier alpha value is -1.14. The van der Waals surface area contributed by atoms with E-state index in [2.05, 4.69) is 20.3 Å². The van der Waals surface area contributed by atoms with Gasteiger partial charge in [0.05, 0.1) is 12.4 Å². The molecule has 2 aromatic heterocycles. The molecule has 15 heavy (non-hydrogen) atoms. The monoisotopic (exact) mass is 238 g/mol. The van der Waals surface area contributed by atoms with E-state index in [0.29, 0.717) is 0 Å². The second kappa shape index (κ2) is 5.09. The lowest BCUT2D eigenvalue weighted by Gasteiger charge is -2.02. The Morgan fingerprint density at radius 1 is 1.47 bits per heavy atom. The Morgan fingerprint density at radius 3 is 3.13 bits per heavy atom. The first-order chi connectivity index (χ1) is 7.38. The molecule has 0 aliphatic carbocycles. The lowest BCUT2D eigenvalue weighted by atomic mass is 10.6. The lowest BCUT2D eigenvalue weighted by molar-refractivity contribution is 1.03. The molecule has 1 N–H and O–H groups in total. The van der Waals surface area contributed by atoms with Crippen molar-refractivity contribution >= 4 is 28.9 Å². The SMILES string of the molecule is CCNc1cncc(Sc2nccs2)n1. The maximum absolute atomic E-state index is 4.39. The molecule has 2 heterocycles. The van der Waals surface area contributed by atoms with Crippen molar-refractivity contribution in [2.75, 3.05) is 11.9 Å². The molecule has 2 rings (SSSR count). The lowest BCUT2D eigenvalue weighted by Crippen LogP contribution is -1.99. The van der Waals surface area contributed by atoms with Crippen LogP contribution >= 0.6 is 23.1 Å². The van der Waals surface area contributed by atoms with Crippen molar-refractivity contribution in [3.05, 3.63) is 24.0 Å². The van der Waals surface area contributed by atoms with Gasteiger partial charge in [0.1, 0.15) is 10.8 Å². The molecule has 0 aliphatic heterocycles. The Kier molecular flexibility index (Phi) is 3.52. The van der Waals surface area contributed by atoms with Crippen LogP contribution in [0.2, 0.25) is 0 Å². The molecule has 0 saturated carbocycles. The van der Waals surface area contributed by atoms with Crippen molar-refractivity contribution in [2.45, 2.75) is 16.3 Å². The normalized spacial score (nSPS) is 10.2. The third kappa shape index (κ3) is 2.90. The van der Waals surface area contributed by atoms with Crippen LogP contribution in [-0.4, -0.2) is 21.5 Å². The molecule has 78 valence electrons. The Balaban J connectivity index is 2.11. The van der Waals surface area contributed by atoms with Crippen molar-refractivity contribution in [3.8, 4) is 0 Å². The molecule has 0 radical (unpaired) electrons. The number of nitrogens with one attached hydrogen (secondary N) is 1. The number of hydrogen-bond donors (Lipinski definition) is 1. The minimum Gasteiger partial charge on any atom is -0.369 e. The molecule has 6 heteroatoms. The standard InChI is InChI=1S/C9H10N4S2/c1-2-11-7-5-10-6-8(13-7)15-9-12-3-4-14-9/h3-6H,2H2,1H3,(H,11,13). The first-order valence-electron chi connectivity index (χ1n) is 4.51. The zero-order valence-corrected chi connectivity index (χ0v) is 9.81. The highest BCUT2D eigenvalue weighted by atomic mass is 32.2. The minimum atomic E-state index is 0.805. The molecule has 0 saturated heterocycles. The van der Waals surface area contributed by atoms with Crippen LogP contribution in [0.25, 0.3) is 0 Å². The number of rotatable bonds is 4. The van der Waals surface area contributed by atoms with E-state index >= 15 is 0 Å². The molecule has 0 aromatic carbocycles. The van der Waals surface area contributed by atoms with Crippen LogP contribution in [0.1, 0.15) is 6.92 Å². The maximum atomic E-state index is 4.39. The van der Waals surface area contributed by atoms with Gasteiger partial charge < -0.3 is 5.32 Å². The van der Waals surface area contributed by atoms with Crippen LogP contribution in [0.15, 0.2) is 33.3 Å². The van der Waals surface area contributed by atoms with Crippen LogP contribution in [0.5, 0.6) is 0 Å².